The van der Waals surface area contributed by atoms with Crippen LogP contribution in [-0.2, 0) is 0 Å². The van der Waals surface area contributed by atoms with E-state index < -0.39 is 0 Å². The fourth-order valence-electron chi connectivity index (χ4n) is 3.66. The number of fused-ring (bicyclic) bond motifs is 7. The third-order valence-corrected chi connectivity index (χ3v) is 6.05. The van der Waals surface area contributed by atoms with Crippen molar-refractivity contribution in [3.05, 3.63) is 60.7 Å². The average molecular weight is 344 g/mol. The second-order valence-corrected chi connectivity index (χ2v) is 7.18. The molecule has 5 rings (SSSR count). The van der Waals surface area contributed by atoms with Gasteiger partial charge in [-0.1, -0.05) is 36.4 Å². The van der Waals surface area contributed by atoms with Gasteiger partial charge in [-0.3, -0.25) is 0 Å². The van der Waals surface area contributed by atoms with Gasteiger partial charge in [-0.15, -0.1) is 11.3 Å². The summed E-state index contributed by atoms with van der Waals surface area (Å²) in [5.74, 6) is 1.80. The zero-order chi connectivity index (χ0) is 17.0. The first kappa shape index (κ1) is 14.6. The van der Waals surface area contributed by atoms with E-state index >= 15 is 0 Å². The number of rotatable bonds is 2. The first-order valence-electron chi connectivity index (χ1n) is 8.19. The minimum atomic E-state index is 0.882. The molecule has 0 N–H and O–H groups in total. The lowest BCUT2D eigenvalue weighted by Gasteiger charge is -2.08. The molecule has 0 bridgehead atoms. The molecule has 0 spiro atoms. The van der Waals surface area contributed by atoms with Gasteiger partial charge >= 0.3 is 0 Å². The Morgan fingerprint density at radius 3 is 2.32 bits per heavy atom. The van der Waals surface area contributed by atoms with Crippen molar-refractivity contribution in [3.63, 3.8) is 0 Å². The van der Waals surface area contributed by atoms with Crippen molar-refractivity contribution in [3.8, 4) is 11.5 Å². The average Bonchev–Trinajstić information content (AvgIpc) is 3.06. The monoisotopic (exact) mass is 344 g/mol. The first-order chi connectivity index (χ1) is 12.3. The smallest absolute Gasteiger partial charge is 0.127 e. The van der Waals surface area contributed by atoms with E-state index in [1.165, 1.54) is 36.3 Å². The predicted octanol–water partition coefficient (Wildman–Crippen LogP) is 6.38. The summed E-state index contributed by atoms with van der Waals surface area (Å²) in [6, 6.07) is 21.3. The molecule has 5 aromatic rings. The summed E-state index contributed by atoms with van der Waals surface area (Å²) in [5, 5.41) is 7.37. The number of benzene rings is 4. The van der Waals surface area contributed by atoms with E-state index in [-0.39, 0.29) is 0 Å². The van der Waals surface area contributed by atoms with Crippen LogP contribution >= 0.6 is 11.3 Å². The van der Waals surface area contributed by atoms with E-state index in [1.807, 2.05) is 17.4 Å². The molecule has 0 aliphatic rings. The van der Waals surface area contributed by atoms with Gasteiger partial charge in [-0.2, -0.15) is 0 Å². The number of hydrogen-bond acceptors (Lipinski definition) is 3. The van der Waals surface area contributed by atoms with Gasteiger partial charge in [0.05, 0.1) is 14.2 Å². The number of ether oxygens (including phenoxy) is 2. The quantitative estimate of drug-likeness (QED) is 0.370. The van der Waals surface area contributed by atoms with Gasteiger partial charge in [0.15, 0.2) is 0 Å². The van der Waals surface area contributed by atoms with Crippen LogP contribution in [0.15, 0.2) is 60.7 Å². The molecule has 3 heteroatoms. The van der Waals surface area contributed by atoms with Gasteiger partial charge in [0.2, 0.25) is 0 Å². The van der Waals surface area contributed by atoms with Crippen molar-refractivity contribution in [2.45, 2.75) is 0 Å². The fourth-order valence-corrected chi connectivity index (χ4v) is 4.90. The largest absolute Gasteiger partial charge is 0.497 e. The molecular weight excluding hydrogens is 328 g/mol. The Kier molecular flexibility index (Phi) is 3.12. The second-order valence-electron chi connectivity index (χ2n) is 6.13. The molecule has 2 nitrogen and oxygen atoms in total. The zero-order valence-electron chi connectivity index (χ0n) is 14.0. The van der Waals surface area contributed by atoms with Gasteiger partial charge in [-0.25, -0.2) is 0 Å². The van der Waals surface area contributed by atoms with Crippen LogP contribution in [0.3, 0.4) is 0 Å². The highest BCUT2D eigenvalue weighted by Gasteiger charge is 2.14. The van der Waals surface area contributed by atoms with Crippen LogP contribution in [0.5, 0.6) is 11.5 Å². The van der Waals surface area contributed by atoms with Gasteiger partial charge in [0.1, 0.15) is 11.5 Å². The summed E-state index contributed by atoms with van der Waals surface area (Å²) in [6.07, 6.45) is 0. The molecule has 0 atom stereocenters. The normalized spacial score (nSPS) is 11.6. The number of thiophene rings is 1. The van der Waals surface area contributed by atoms with E-state index in [9.17, 15) is 0 Å². The van der Waals surface area contributed by atoms with Gasteiger partial charge in [0, 0.05) is 30.9 Å². The molecule has 1 aromatic heterocycles. The van der Waals surface area contributed by atoms with Crippen molar-refractivity contribution >= 4 is 53.1 Å². The summed E-state index contributed by atoms with van der Waals surface area (Å²) in [5.41, 5.74) is 0. The molecule has 0 saturated heterocycles. The zero-order valence-corrected chi connectivity index (χ0v) is 14.8. The fraction of sp³-hybridized carbons (Fsp3) is 0.0909. The maximum absolute atomic E-state index is 5.69. The SMILES string of the molecule is COc1ccc2ccc3sc4c5ccccc5c(OC)cc4c3c2c1. The Morgan fingerprint density at radius 1 is 0.720 bits per heavy atom. The Balaban J connectivity index is 2.05. The Bertz CT molecular complexity index is 1270. The second kappa shape index (κ2) is 5.36. The van der Waals surface area contributed by atoms with Crippen LogP contribution in [0.1, 0.15) is 0 Å². The number of hydrogen-bond donors (Lipinski definition) is 0. The molecule has 0 aliphatic carbocycles. The van der Waals surface area contributed by atoms with E-state index in [4.69, 9.17) is 9.47 Å². The van der Waals surface area contributed by atoms with Crippen molar-refractivity contribution in [2.24, 2.45) is 0 Å². The van der Waals surface area contributed by atoms with E-state index in [2.05, 4.69) is 54.6 Å². The minimum Gasteiger partial charge on any atom is -0.497 e. The van der Waals surface area contributed by atoms with Crippen molar-refractivity contribution in [2.75, 3.05) is 14.2 Å². The Labute approximate surface area is 149 Å². The molecule has 0 radical (unpaired) electrons. The van der Waals surface area contributed by atoms with Crippen LogP contribution < -0.4 is 9.47 Å². The summed E-state index contributed by atoms with van der Waals surface area (Å²) >= 11 is 1.84. The molecule has 1 heterocycles. The van der Waals surface area contributed by atoms with Crippen LogP contribution in [0.4, 0.5) is 0 Å². The molecule has 0 fully saturated rings. The standard InChI is InChI=1S/C22H16O2S/c1-23-14-9-7-13-8-10-20-21(17(13)11-14)18-12-19(24-2)15-5-3-4-6-16(15)22(18)25-20/h3-12H,1-2H3. The summed E-state index contributed by atoms with van der Waals surface area (Å²) in [6.45, 7) is 0. The van der Waals surface area contributed by atoms with Crippen molar-refractivity contribution in [1.29, 1.82) is 0 Å². The predicted molar refractivity (Wildman–Crippen MR) is 107 cm³/mol. The van der Waals surface area contributed by atoms with E-state index in [0.717, 1.165) is 16.9 Å². The van der Waals surface area contributed by atoms with Crippen molar-refractivity contribution in [1.82, 2.24) is 0 Å². The van der Waals surface area contributed by atoms with Crippen LogP contribution in [0.25, 0.3) is 41.7 Å². The highest BCUT2D eigenvalue weighted by Crippen LogP contribution is 2.44. The van der Waals surface area contributed by atoms with Crippen molar-refractivity contribution < 1.29 is 9.47 Å². The topological polar surface area (TPSA) is 18.5 Å². The minimum absolute atomic E-state index is 0.882. The van der Waals surface area contributed by atoms with E-state index in [0.29, 0.717) is 0 Å². The Morgan fingerprint density at radius 2 is 1.52 bits per heavy atom. The molecule has 25 heavy (non-hydrogen) atoms. The van der Waals surface area contributed by atoms with Crippen LogP contribution in [-0.4, -0.2) is 14.2 Å². The van der Waals surface area contributed by atoms with Gasteiger partial charge in [0.25, 0.3) is 0 Å². The maximum atomic E-state index is 5.69. The van der Waals surface area contributed by atoms with Gasteiger partial charge < -0.3 is 9.47 Å². The third kappa shape index (κ3) is 2.02. The van der Waals surface area contributed by atoms with Crippen LogP contribution in [0, 0.1) is 0 Å². The summed E-state index contributed by atoms with van der Waals surface area (Å²) in [7, 11) is 3.45. The maximum Gasteiger partial charge on any atom is 0.127 e. The molecule has 0 aliphatic heterocycles. The lowest BCUT2D eigenvalue weighted by atomic mass is 10.0. The highest BCUT2D eigenvalue weighted by atomic mass is 32.1. The Hall–Kier alpha value is -2.78. The highest BCUT2D eigenvalue weighted by molar-refractivity contribution is 7.26. The van der Waals surface area contributed by atoms with E-state index in [1.54, 1.807) is 14.2 Å². The van der Waals surface area contributed by atoms with Crippen LogP contribution in [0.2, 0.25) is 0 Å². The third-order valence-electron chi connectivity index (χ3n) is 4.85. The molecular formula is C22H16O2S. The number of methoxy groups -OCH3 is 2. The lowest BCUT2D eigenvalue weighted by molar-refractivity contribution is 0.415. The molecule has 0 saturated carbocycles. The molecule has 0 unspecified atom stereocenters. The molecule has 122 valence electrons. The van der Waals surface area contributed by atoms with Gasteiger partial charge in [-0.05, 0) is 35.0 Å². The lowest BCUT2D eigenvalue weighted by Crippen LogP contribution is -1.85. The molecule has 0 amide bonds. The summed E-state index contributed by atoms with van der Waals surface area (Å²) < 4.78 is 13.7. The first-order valence-corrected chi connectivity index (χ1v) is 9.00. The summed E-state index contributed by atoms with van der Waals surface area (Å²) in [4.78, 5) is 0. The molecule has 4 aromatic carbocycles.